The smallest absolute Gasteiger partial charge is 0.321 e. The largest absolute Gasteiger partial charge is 0.362 e. The van der Waals surface area contributed by atoms with Gasteiger partial charge < -0.3 is 20.3 Å². The van der Waals surface area contributed by atoms with Crippen molar-refractivity contribution in [2.24, 2.45) is 5.92 Å². The maximum Gasteiger partial charge on any atom is 0.321 e. The summed E-state index contributed by atoms with van der Waals surface area (Å²) in [7, 11) is 0. The summed E-state index contributed by atoms with van der Waals surface area (Å²) in [5, 5.41) is 5.88. The Bertz CT molecular complexity index is 918. The molecule has 2 N–H and O–H groups in total. The van der Waals surface area contributed by atoms with Gasteiger partial charge in [0.05, 0.1) is 17.5 Å². The number of piperidine rings is 1. The molecule has 0 radical (unpaired) electrons. The monoisotopic (exact) mass is 422 g/mol. The molecule has 1 aromatic heterocycles. The van der Waals surface area contributed by atoms with Gasteiger partial charge in [-0.2, -0.15) is 0 Å². The van der Waals surface area contributed by atoms with Gasteiger partial charge in [0.15, 0.2) is 0 Å². The highest BCUT2D eigenvalue weighted by atomic mass is 16.5. The molecule has 0 aliphatic carbocycles. The maximum atomic E-state index is 12.8. The van der Waals surface area contributed by atoms with Crippen LogP contribution in [-0.4, -0.2) is 46.6 Å². The Hall–Kier alpha value is -2.93. The first kappa shape index (κ1) is 21.3. The molecule has 3 heterocycles. The van der Waals surface area contributed by atoms with Crippen LogP contribution in [0.15, 0.2) is 48.8 Å². The fourth-order valence-electron chi connectivity index (χ4n) is 4.54. The summed E-state index contributed by atoms with van der Waals surface area (Å²) in [4.78, 5) is 31.2. The highest BCUT2D eigenvalue weighted by molar-refractivity contribution is 5.94. The van der Waals surface area contributed by atoms with Crippen LogP contribution < -0.4 is 10.6 Å². The van der Waals surface area contributed by atoms with Crippen LogP contribution in [0, 0.1) is 5.92 Å². The van der Waals surface area contributed by atoms with Gasteiger partial charge in [0.25, 0.3) is 5.91 Å². The van der Waals surface area contributed by atoms with E-state index in [1.807, 2.05) is 35.2 Å². The van der Waals surface area contributed by atoms with E-state index in [1.54, 1.807) is 18.5 Å². The summed E-state index contributed by atoms with van der Waals surface area (Å²) in [6, 6.07) is 11.5. The Morgan fingerprint density at radius 2 is 1.97 bits per heavy atom. The van der Waals surface area contributed by atoms with Gasteiger partial charge in [-0.25, -0.2) is 4.79 Å². The lowest BCUT2D eigenvalue weighted by atomic mass is 9.80. The number of likely N-dealkylation sites (tertiary alicyclic amines) is 1. The summed E-state index contributed by atoms with van der Waals surface area (Å²) in [5.41, 5.74) is 2.37. The molecular formula is C24H30N4O3. The van der Waals surface area contributed by atoms with Gasteiger partial charge in [-0.1, -0.05) is 26.0 Å². The van der Waals surface area contributed by atoms with E-state index in [2.05, 4.69) is 29.5 Å². The molecule has 7 nitrogen and oxygen atoms in total. The van der Waals surface area contributed by atoms with Gasteiger partial charge in [0.2, 0.25) is 0 Å². The molecule has 1 aromatic carbocycles. The Kier molecular flexibility index (Phi) is 6.23. The van der Waals surface area contributed by atoms with Gasteiger partial charge >= 0.3 is 6.03 Å². The van der Waals surface area contributed by atoms with E-state index in [1.165, 1.54) is 5.56 Å². The average Bonchev–Trinajstić information content (AvgIpc) is 3.22. The zero-order chi connectivity index (χ0) is 21.8. The zero-order valence-corrected chi connectivity index (χ0v) is 18.1. The molecule has 2 aliphatic rings. The van der Waals surface area contributed by atoms with E-state index in [9.17, 15) is 9.59 Å². The molecule has 4 rings (SSSR count). The van der Waals surface area contributed by atoms with Crippen molar-refractivity contribution >= 4 is 23.3 Å². The van der Waals surface area contributed by atoms with E-state index in [0.29, 0.717) is 25.2 Å². The fourth-order valence-corrected chi connectivity index (χ4v) is 4.54. The molecule has 2 aromatic rings. The lowest BCUT2D eigenvalue weighted by Crippen LogP contribution is -2.53. The number of ether oxygens (including phenoxy) is 1. The van der Waals surface area contributed by atoms with E-state index in [0.717, 1.165) is 24.9 Å². The summed E-state index contributed by atoms with van der Waals surface area (Å²) in [6.45, 7) is 5.43. The third kappa shape index (κ3) is 4.71. The number of amides is 3. The molecule has 3 amide bonds. The van der Waals surface area contributed by atoms with Crippen LogP contribution in [0.2, 0.25) is 0 Å². The third-order valence-corrected chi connectivity index (χ3v) is 6.53. The highest BCUT2D eigenvalue weighted by Crippen LogP contribution is 2.42. The number of hydrogen-bond acceptors (Lipinski definition) is 4. The first-order chi connectivity index (χ1) is 15.0. The van der Waals surface area contributed by atoms with Gasteiger partial charge in [-0.05, 0) is 55.5 Å². The Balaban J connectivity index is 1.32. The number of aromatic nitrogens is 1. The SMILES string of the molecule is CCc1ccc(NC(=O)N2CC[C@]3(CC[C@H](C(=O)Nc4cccnc4)O3)[C@H](C)C2)cc1. The van der Waals surface area contributed by atoms with Crippen LogP contribution >= 0.6 is 0 Å². The predicted molar refractivity (Wildman–Crippen MR) is 120 cm³/mol. The van der Waals surface area contributed by atoms with Crippen LogP contribution in [-0.2, 0) is 16.0 Å². The summed E-state index contributed by atoms with van der Waals surface area (Å²) >= 11 is 0. The second kappa shape index (κ2) is 9.06. The molecular weight excluding hydrogens is 392 g/mol. The Labute approximate surface area is 183 Å². The standard InChI is InChI=1S/C24H30N4O3/c1-3-18-6-8-19(9-7-18)27-23(30)28-14-12-24(17(2)16-28)11-10-21(31-24)22(29)26-20-5-4-13-25-15-20/h4-9,13,15,17,21H,3,10-12,14,16H2,1-2H3,(H,26,29)(H,27,30)/t17-,21-,24-/m1/s1. The molecule has 3 atom stereocenters. The van der Waals surface area contributed by atoms with Crippen molar-refractivity contribution in [3.05, 3.63) is 54.4 Å². The number of nitrogens with zero attached hydrogens (tertiary/aromatic N) is 2. The van der Waals surface area contributed by atoms with Crippen molar-refractivity contribution in [1.29, 1.82) is 0 Å². The van der Waals surface area contributed by atoms with Crippen LogP contribution in [0.5, 0.6) is 0 Å². The van der Waals surface area contributed by atoms with Crippen molar-refractivity contribution in [3.63, 3.8) is 0 Å². The van der Waals surface area contributed by atoms with E-state index >= 15 is 0 Å². The molecule has 0 bridgehead atoms. The Morgan fingerprint density at radius 3 is 2.65 bits per heavy atom. The van der Waals surface area contributed by atoms with Crippen molar-refractivity contribution in [1.82, 2.24) is 9.88 Å². The number of benzene rings is 1. The second-order valence-corrected chi connectivity index (χ2v) is 8.52. The molecule has 2 saturated heterocycles. The van der Waals surface area contributed by atoms with Crippen molar-refractivity contribution in [3.8, 4) is 0 Å². The van der Waals surface area contributed by atoms with Crippen LogP contribution in [0.3, 0.4) is 0 Å². The number of hydrogen-bond donors (Lipinski definition) is 2. The van der Waals surface area contributed by atoms with Crippen LogP contribution in [0.1, 0.15) is 38.7 Å². The molecule has 2 aliphatic heterocycles. The van der Waals surface area contributed by atoms with Gasteiger partial charge in [0.1, 0.15) is 6.10 Å². The Morgan fingerprint density at radius 1 is 1.16 bits per heavy atom. The molecule has 31 heavy (non-hydrogen) atoms. The lowest BCUT2D eigenvalue weighted by Gasteiger charge is -2.44. The van der Waals surface area contributed by atoms with Gasteiger partial charge in [0, 0.05) is 30.9 Å². The normalized spacial score (nSPS) is 25.4. The minimum absolute atomic E-state index is 0.0881. The lowest BCUT2D eigenvalue weighted by molar-refractivity contribution is -0.141. The molecule has 1 spiro atoms. The number of aryl methyl sites for hydroxylation is 1. The summed E-state index contributed by atoms with van der Waals surface area (Å²) in [5.74, 6) is 0.0124. The molecule has 0 saturated carbocycles. The van der Waals surface area contributed by atoms with E-state index in [-0.39, 0.29) is 23.5 Å². The quantitative estimate of drug-likeness (QED) is 0.778. The third-order valence-electron chi connectivity index (χ3n) is 6.53. The van der Waals surface area contributed by atoms with Crippen molar-refractivity contribution < 1.29 is 14.3 Å². The fraction of sp³-hybridized carbons (Fsp3) is 0.458. The number of anilines is 2. The number of carbonyl (C=O) groups is 2. The number of carbonyl (C=O) groups excluding carboxylic acids is 2. The van der Waals surface area contributed by atoms with E-state index in [4.69, 9.17) is 4.74 Å². The van der Waals surface area contributed by atoms with Gasteiger partial charge in [-0.3, -0.25) is 9.78 Å². The number of pyridine rings is 1. The second-order valence-electron chi connectivity index (χ2n) is 8.52. The molecule has 7 heteroatoms. The van der Waals surface area contributed by atoms with Crippen LogP contribution in [0.4, 0.5) is 16.2 Å². The zero-order valence-electron chi connectivity index (χ0n) is 18.1. The number of rotatable bonds is 4. The summed E-state index contributed by atoms with van der Waals surface area (Å²) in [6.07, 6.45) is 6.04. The summed E-state index contributed by atoms with van der Waals surface area (Å²) < 4.78 is 6.32. The average molecular weight is 423 g/mol. The predicted octanol–water partition coefficient (Wildman–Crippen LogP) is 4.07. The number of urea groups is 1. The maximum absolute atomic E-state index is 12.8. The highest BCUT2D eigenvalue weighted by Gasteiger charge is 2.49. The first-order valence-corrected chi connectivity index (χ1v) is 11.0. The first-order valence-electron chi connectivity index (χ1n) is 11.0. The number of nitrogens with one attached hydrogen (secondary N) is 2. The minimum Gasteiger partial charge on any atom is -0.362 e. The molecule has 164 valence electrons. The van der Waals surface area contributed by atoms with Crippen molar-refractivity contribution in [2.45, 2.75) is 51.2 Å². The van der Waals surface area contributed by atoms with Crippen LogP contribution in [0.25, 0.3) is 0 Å². The van der Waals surface area contributed by atoms with Gasteiger partial charge in [-0.15, -0.1) is 0 Å². The molecule has 2 fully saturated rings. The minimum atomic E-state index is -0.472. The van der Waals surface area contributed by atoms with E-state index < -0.39 is 6.10 Å². The topological polar surface area (TPSA) is 83.6 Å². The van der Waals surface area contributed by atoms with Crippen molar-refractivity contribution in [2.75, 3.05) is 23.7 Å². The molecule has 0 unspecified atom stereocenters.